The minimum atomic E-state index is -1.11. The second-order valence-corrected chi connectivity index (χ2v) is 4.83. The number of aliphatic hydroxyl groups excluding tert-OH is 1. The Morgan fingerprint density at radius 2 is 2.05 bits per heavy atom. The molecule has 0 saturated carbocycles. The van der Waals surface area contributed by atoms with Gasteiger partial charge in [-0.3, -0.25) is 4.79 Å². The molecule has 1 fully saturated rings. The van der Waals surface area contributed by atoms with E-state index in [2.05, 4.69) is 6.58 Å². The number of likely N-dealkylation sites (tertiary alicyclic amines) is 1. The molecular weight excluding hydrogens is 274 g/mol. The number of carboxylic acid groups (broad SMARTS) is 1. The topological polar surface area (TPSA) is 87.1 Å². The molecule has 2 N–H and O–H groups in total. The maximum Gasteiger partial charge on any atom is 0.326 e. The van der Waals surface area contributed by atoms with E-state index < -0.39 is 24.0 Å². The SMILES string of the molecule is C=CCOc1ccc(C(=O)N2CC(O)C[C@H]2C(=O)O)cc1. The average molecular weight is 291 g/mol. The highest BCUT2D eigenvalue weighted by Crippen LogP contribution is 2.22. The van der Waals surface area contributed by atoms with Gasteiger partial charge in [0.15, 0.2) is 0 Å². The van der Waals surface area contributed by atoms with Crippen LogP contribution >= 0.6 is 0 Å². The molecule has 1 aliphatic rings. The van der Waals surface area contributed by atoms with Gasteiger partial charge in [-0.05, 0) is 24.3 Å². The molecule has 6 nitrogen and oxygen atoms in total. The van der Waals surface area contributed by atoms with Crippen LogP contribution in [0.25, 0.3) is 0 Å². The summed E-state index contributed by atoms with van der Waals surface area (Å²) >= 11 is 0. The summed E-state index contributed by atoms with van der Waals surface area (Å²) in [5.41, 5.74) is 0.362. The van der Waals surface area contributed by atoms with Crippen LogP contribution in [0.2, 0.25) is 0 Å². The second-order valence-electron chi connectivity index (χ2n) is 4.83. The fourth-order valence-electron chi connectivity index (χ4n) is 2.29. The van der Waals surface area contributed by atoms with Crippen molar-refractivity contribution >= 4 is 11.9 Å². The summed E-state index contributed by atoms with van der Waals surface area (Å²) in [5.74, 6) is -0.914. The lowest BCUT2D eigenvalue weighted by molar-refractivity contribution is -0.141. The van der Waals surface area contributed by atoms with Gasteiger partial charge in [-0.2, -0.15) is 0 Å². The minimum absolute atomic E-state index is 0.0323. The number of carboxylic acids is 1. The third kappa shape index (κ3) is 3.41. The van der Waals surface area contributed by atoms with Gasteiger partial charge in [-0.1, -0.05) is 12.7 Å². The molecule has 1 heterocycles. The Morgan fingerprint density at radius 3 is 2.62 bits per heavy atom. The van der Waals surface area contributed by atoms with Gasteiger partial charge in [-0.25, -0.2) is 4.79 Å². The summed E-state index contributed by atoms with van der Waals surface area (Å²) in [7, 11) is 0. The number of nitrogens with zero attached hydrogens (tertiary/aromatic N) is 1. The fraction of sp³-hybridized carbons (Fsp3) is 0.333. The van der Waals surface area contributed by atoms with Crippen LogP contribution in [-0.4, -0.2) is 52.3 Å². The summed E-state index contributed by atoms with van der Waals surface area (Å²) in [4.78, 5) is 24.6. The molecule has 21 heavy (non-hydrogen) atoms. The van der Waals surface area contributed by atoms with E-state index in [9.17, 15) is 14.7 Å². The Labute approximate surface area is 122 Å². The fourth-order valence-corrected chi connectivity index (χ4v) is 2.29. The van der Waals surface area contributed by atoms with E-state index in [0.29, 0.717) is 17.9 Å². The van der Waals surface area contributed by atoms with E-state index in [1.54, 1.807) is 30.3 Å². The highest BCUT2D eigenvalue weighted by molar-refractivity contribution is 5.97. The number of β-amino-alcohol motifs (C(OH)–C–C–N with tert-alkyl or cyclic N) is 1. The Morgan fingerprint density at radius 1 is 1.38 bits per heavy atom. The molecular formula is C15H17NO5. The Kier molecular flexibility index (Phi) is 4.59. The van der Waals surface area contributed by atoms with Crippen LogP contribution in [0, 0.1) is 0 Å². The lowest BCUT2D eigenvalue weighted by atomic mass is 10.1. The summed E-state index contributed by atoms with van der Waals surface area (Å²) in [6.45, 7) is 3.94. The summed E-state index contributed by atoms with van der Waals surface area (Å²) < 4.78 is 5.31. The van der Waals surface area contributed by atoms with E-state index in [0.717, 1.165) is 0 Å². The van der Waals surface area contributed by atoms with E-state index in [1.165, 1.54) is 4.90 Å². The molecule has 0 bridgehead atoms. The molecule has 112 valence electrons. The lowest BCUT2D eigenvalue weighted by Crippen LogP contribution is -2.40. The van der Waals surface area contributed by atoms with Crippen molar-refractivity contribution in [3.63, 3.8) is 0 Å². The highest BCUT2D eigenvalue weighted by atomic mass is 16.5. The molecule has 2 rings (SSSR count). The van der Waals surface area contributed by atoms with Crippen LogP contribution in [0.3, 0.4) is 0 Å². The number of rotatable bonds is 5. The van der Waals surface area contributed by atoms with E-state index in [4.69, 9.17) is 9.84 Å². The number of carbonyl (C=O) groups excluding carboxylic acids is 1. The largest absolute Gasteiger partial charge is 0.490 e. The molecule has 2 atom stereocenters. The van der Waals surface area contributed by atoms with Crippen LogP contribution in [0.5, 0.6) is 5.75 Å². The zero-order valence-corrected chi connectivity index (χ0v) is 11.4. The number of hydrogen-bond donors (Lipinski definition) is 2. The predicted octanol–water partition coefficient (Wildman–Crippen LogP) is 0.911. The number of aliphatic hydroxyl groups is 1. The van der Waals surface area contributed by atoms with Crippen LogP contribution in [0.4, 0.5) is 0 Å². The van der Waals surface area contributed by atoms with Crippen molar-refractivity contribution in [2.24, 2.45) is 0 Å². The maximum absolute atomic E-state index is 12.3. The Hall–Kier alpha value is -2.34. The van der Waals surface area contributed by atoms with Crippen molar-refractivity contribution in [2.75, 3.05) is 13.2 Å². The minimum Gasteiger partial charge on any atom is -0.490 e. The first-order valence-electron chi connectivity index (χ1n) is 6.58. The quantitative estimate of drug-likeness (QED) is 0.787. The van der Waals surface area contributed by atoms with E-state index in [-0.39, 0.29) is 13.0 Å². The van der Waals surface area contributed by atoms with Crippen molar-refractivity contribution in [3.05, 3.63) is 42.5 Å². The molecule has 0 radical (unpaired) electrons. The van der Waals surface area contributed by atoms with Crippen LogP contribution in [-0.2, 0) is 4.79 Å². The third-order valence-electron chi connectivity index (χ3n) is 3.29. The van der Waals surface area contributed by atoms with Crippen molar-refractivity contribution in [1.29, 1.82) is 0 Å². The Bertz CT molecular complexity index is 539. The van der Waals surface area contributed by atoms with Crippen molar-refractivity contribution in [2.45, 2.75) is 18.6 Å². The monoisotopic (exact) mass is 291 g/mol. The van der Waals surface area contributed by atoms with Crippen molar-refractivity contribution in [3.8, 4) is 5.75 Å². The zero-order valence-electron chi connectivity index (χ0n) is 11.4. The summed E-state index contributed by atoms with van der Waals surface area (Å²) in [6, 6.07) is 5.44. The number of aliphatic carboxylic acids is 1. The van der Waals surface area contributed by atoms with Gasteiger partial charge in [0, 0.05) is 18.5 Å². The average Bonchev–Trinajstić information content (AvgIpc) is 2.87. The molecule has 1 aromatic carbocycles. The van der Waals surface area contributed by atoms with E-state index >= 15 is 0 Å². The first-order chi connectivity index (χ1) is 10.0. The molecule has 1 amide bonds. The molecule has 6 heteroatoms. The maximum atomic E-state index is 12.3. The molecule has 1 saturated heterocycles. The number of carbonyl (C=O) groups is 2. The van der Waals surface area contributed by atoms with Gasteiger partial charge in [0.05, 0.1) is 6.10 Å². The van der Waals surface area contributed by atoms with Gasteiger partial charge < -0.3 is 19.8 Å². The van der Waals surface area contributed by atoms with Gasteiger partial charge >= 0.3 is 5.97 Å². The summed E-state index contributed by atoms with van der Waals surface area (Å²) in [5, 5.41) is 18.7. The molecule has 1 aromatic rings. The van der Waals surface area contributed by atoms with E-state index in [1.807, 2.05) is 0 Å². The van der Waals surface area contributed by atoms with Crippen LogP contribution in [0.1, 0.15) is 16.8 Å². The zero-order chi connectivity index (χ0) is 15.4. The number of hydrogen-bond acceptors (Lipinski definition) is 4. The van der Waals surface area contributed by atoms with Crippen molar-refractivity contribution in [1.82, 2.24) is 4.90 Å². The van der Waals surface area contributed by atoms with Gasteiger partial charge in [0.1, 0.15) is 18.4 Å². The smallest absolute Gasteiger partial charge is 0.326 e. The Balaban J connectivity index is 2.12. The first-order valence-corrected chi connectivity index (χ1v) is 6.58. The highest BCUT2D eigenvalue weighted by Gasteiger charge is 2.39. The van der Waals surface area contributed by atoms with Gasteiger partial charge in [0.25, 0.3) is 5.91 Å². The van der Waals surface area contributed by atoms with Gasteiger partial charge in [0.2, 0.25) is 0 Å². The second kappa shape index (κ2) is 6.41. The summed E-state index contributed by atoms with van der Waals surface area (Å²) in [6.07, 6.45) is 0.870. The third-order valence-corrected chi connectivity index (χ3v) is 3.29. The lowest BCUT2D eigenvalue weighted by Gasteiger charge is -2.21. The van der Waals surface area contributed by atoms with Crippen molar-refractivity contribution < 1.29 is 24.5 Å². The molecule has 1 unspecified atom stereocenters. The van der Waals surface area contributed by atoms with Gasteiger partial charge in [-0.15, -0.1) is 0 Å². The normalized spacial score (nSPS) is 21.1. The number of benzene rings is 1. The molecule has 1 aliphatic heterocycles. The number of ether oxygens (including phenoxy) is 1. The molecule has 0 aliphatic carbocycles. The molecule has 0 spiro atoms. The van der Waals surface area contributed by atoms with Crippen LogP contribution < -0.4 is 4.74 Å². The molecule has 0 aromatic heterocycles. The predicted molar refractivity (Wildman–Crippen MR) is 75.2 cm³/mol. The first kappa shape index (κ1) is 15.1. The standard InChI is InChI=1S/C15H17NO5/c1-2-7-21-12-5-3-10(4-6-12)14(18)16-9-11(17)8-13(16)15(19)20/h2-6,11,13,17H,1,7-9H2,(H,19,20)/t11?,13-/m0/s1. The number of amides is 1. The van der Waals surface area contributed by atoms with Crippen LogP contribution in [0.15, 0.2) is 36.9 Å².